The number of methoxy groups -OCH3 is 2. The second-order valence-corrected chi connectivity index (χ2v) is 18.7. The molecule has 2 saturated carbocycles. The molecule has 0 spiro atoms. The Balaban J connectivity index is 1.27. The molecule has 2 fully saturated rings. The third-order valence-electron chi connectivity index (χ3n) is 14.5. The van der Waals surface area contributed by atoms with Gasteiger partial charge in [0.2, 0.25) is 18.5 Å². The zero-order valence-electron chi connectivity index (χ0n) is 40.3. The number of fused-ring (bicyclic) bond motifs is 3. The van der Waals surface area contributed by atoms with Gasteiger partial charge in [-0.05, 0) is 110 Å². The molecule has 2 aliphatic heterocycles. The molecule has 15 heteroatoms. The highest BCUT2D eigenvalue weighted by Gasteiger charge is 2.65. The zero-order valence-corrected chi connectivity index (χ0v) is 40.3. The summed E-state index contributed by atoms with van der Waals surface area (Å²) in [5, 5.41) is 27.7. The third-order valence-corrected chi connectivity index (χ3v) is 14.5. The molecular weight excluding hydrogens is 883 g/mol. The fraction of sp³-hybridized carbons (Fsp3) is 0.537. The molecule has 0 bridgehead atoms. The highest BCUT2D eigenvalue weighted by atomic mass is 16.7. The summed E-state index contributed by atoms with van der Waals surface area (Å²) in [6.07, 6.45) is 13.7. The van der Waals surface area contributed by atoms with Gasteiger partial charge >= 0.3 is 6.09 Å². The Morgan fingerprint density at radius 2 is 1.68 bits per heavy atom. The standard InChI is InChI=1S/C54H69N3O12/c1-5-27-66-54-49(57(50(60)24-18-35-13-7-8-14-35)33-36-17-22-46-48(28-36)65-34-64-46)32-44(56-67-6-2)41-29-37(15-9-11-25-58)40(16-10-12-26-59)51(52(41)54)42-30-39(20-23-45(42)69-54)68-53(61)55-43-21-19-38(62-3)31-47(43)63-4/h5,17,19-23,28-31,35,37,40,49,51-52,58-59H,1,6-16,18,24-27,32-34H2,2-4H3,(H,55,61). The number of aliphatic hydroxyl groups excluding tert-OH is 2. The molecule has 6 unspecified atom stereocenters. The number of nitrogens with zero attached hydrogens (tertiary/aromatic N) is 2. The van der Waals surface area contributed by atoms with Crippen molar-refractivity contribution in [3.8, 4) is 34.5 Å². The number of unbranched alkanes of at least 4 members (excludes halogenated alkanes) is 2. The van der Waals surface area contributed by atoms with E-state index in [-0.39, 0.29) is 63.2 Å². The summed E-state index contributed by atoms with van der Waals surface area (Å²) in [6.45, 7) is 6.94. The lowest BCUT2D eigenvalue weighted by molar-refractivity contribution is -0.258. The monoisotopic (exact) mass is 951 g/mol. The van der Waals surface area contributed by atoms with Gasteiger partial charge in [-0.25, -0.2) is 4.79 Å². The average molecular weight is 952 g/mol. The van der Waals surface area contributed by atoms with Crippen LogP contribution in [0.1, 0.15) is 107 Å². The van der Waals surface area contributed by atoms with E-state index in [0.717, 1.165) is 61.6 Å². The van der Waals surface area contributed by atoms with Crippen LogP contribution in [0.25, 0.3) is 0 Å². The van der Waals surface area contributed by atoms with Gasteiger partial charge in [-0.2, -0.15) is 0 Å². The minimum absolute atomic E-state index is 0.0132. The number of hydrogen-bond donors (Lipinski definition) is 3. The molecule has 372 valence electrons. The van der Waals surface area contributed by atoms with Crippen LogP contribution in [0.5, 0.6) is 34.5 Å². The molecule has 8 rings (SSSR count). The van der Waals surface area contributed by atoms with Gasteiger partial charge in [0.1, 0.15) is 35.6 Å². The Morgan fingerprint density at radius 3 is 2.43 bits per heavy atom. The largest absolute Gasteiger partial charge is 0.497 e. The molecule has 0 aromatic heterocycles. The van der Waals surface area contributed by atoms with E-state index in [2.05, 4.69) is 18.0 Å². The van der Waals surface area contributed by atoms with Crippen LogP contribution < -0.4 is 33.7 Å². The first-order chi connectivity index (χ1) is 33.7. The third kappa shape index (κ3) is 11.0. The Labute approximate surface area is 405 Å². The molecule has 3 aromatic carbocycles. The number of oxime groups is 1. The van der Waals surface area contributed by atoms with E-state index in [1.165, 1.54) is 20.0 Å². The summed E-state index contributed by atoms with van der Waals surface area (Å²) < 4.78 is 43.1. The van der Waals surface area contributed by atoms with E-state index in [1.54, 1.807) is 37.5 Å². The summed E-state index contributed by atoms with van der Waals surface area (Å²) in [5.74, 6) is 1.25. The van der Waals surface area contributed by atoms with Crippen molar-refractivity contribution in [2.24, 2.45) is 28.8 Å². The van der Waals surface area contributed by atoms with Crippen molar-refractivity contribution in [1.29, 1.82) is 0 Å². The molecule has 3 N–H and O–H groups in total. The number of hydrogen-bond acceptors (Lipinski definition) is 13. The van der Waals surface area contributed by atoms with Crippen LogP contribution in [-0.4, -0.2) is 92.1 Å². The SMILES string of the molecule is C=CCOC12Oc3ccc(OC(=O)Nc4ccc(OC)cc4OC)cc3C3C(CCCCO)C(CCCCO)C=C(C(=NOCC)CC1N(Cc1ccc4c(c1)OCO4)C(=O)CCC1CCCC1)C32. The number of allylic oxidation sites excluding steroid dienone is 1. The zero-order chi connectivity index (χ0) is 48.3. The van der Waals surface area contributed by atoms with E-state index in [9.17, 15) is 15.0 Å². The molecule has 2 heterocycles. The minimum atomic E-state index is -1.46. The first-order valence-electron chi connectivity index (χ1n) is 24.8. The predicted octanol–water partition coefficient (Wildman–Crippen LogP) is 9.70. The highest BCUT2D eigenvalue weighted by Crippen LogP contribution is 2.62. The molecule has 0 saturated heterocycles. The van der Waals surface area contributed by atoms with Crippen molar-refractivity contribution in [1.82, 2.24) is 4.90 Å². The van der Waals surface area contributed by atoms with Crippen LogP contribution in [0, 0.1) is 23.7 Å². The highest BCUT2D eigenvalue weighted by molar-refractivity contribution is 6.03. The number of rotatable bonds is 23. The van der Waals surface area contributed by atoms with Gasteiger partial charge in [0.25, 0.3) is 0 Å². The van der Waals surface area contributed by atoms with Crippen molar-refractivity contribution in [2.45, 2.75) is 115 Å². The van der Waals surface area contributed by atoms with Crippen molar-refractivity contribution in [3.63, 3.8) is 0 Å². The molecular formula is C54H69N3O12. The quantitative estimate of drug-likeness (QED) is 0.0467. The first-order valence-corrected chi connectivity index (χ1v) is 24.8. The van der Waals surface area contributed by atoms with Gasteiger partial charge in [-0.15, -0.1) is 6.58 Å². The van der Waals surface area contributed by atoms with Gasteiger partial charge in [-0.1, -0.05) is 61.9 Å². The lowest BCUT2D eigenvalue weighted by Gasteiger charge is -2.60. The lowest BCUT2D eigenvalue weighted by atomic mass is 9.55. The fourth-order valence-electron chi connectivity index (χ4n) is 11.4. The Bertz CT molecular complexity index is 2330. The number of benzene rings is 3. The van der Waals surface area contributed by atoms with Gasteiger partial charge in [0.05, 0.1) is 38.1 Å². The van der Waals surface area contributed by atoms with Crippen molar-refractivity contribution >= 4 is 23.4 Å². The van der Waals surface area contributed by atoms with Crippen LogP contribution in [0.2, 0.25) is 0 Å². The number of carbonyl (C=O) groups excluding carboxylic acids is 2. The minimum Gasteiger partial charge on any atom is -0.497 e. The number of anilines is 1. The normalized spacial score (nSPS) is 23.8. The van der Waals surface area contributed by atoms with E-state index in [0.29, 0.717) is 77.7 Å². The number of nitrogens with one attached hydrogen (secondary N) is 1. The van der Waals surface area contributed by atoms with Crippen LogP contribution in [0.15, 0.2) is 84.1 Å². The number of ether oxygens (including phenoxy) is 7. The Kier molecular flexibility index (Phi) is 16.7. The van der Waals surface area contributed by atoms with Crippen LogP contribution in [0.3, 0.4) is 0 Å². The smallest absolute Gasteiger partial charge is 0.417 e. The van der Waals surface area contributed by atoms with Gasteiger partial charge in [0, 0.05) is 50.1 Å². The molecule has 0 radical (unpaired) electrons. The number of carbonyl (C=O) groups is 2. The van der Waals surface area contributed by atoms with Crippen molar-refractivity contribution in [3.05, 3.63) is 90.0 Å². The summed E-state index contributed by atoms with van der Waals surface area (Å²) in [5.41, 5.74) is 3.73. The first kappa shape index (κ1) is 49.6. The summed E-state index contributed by atoms with van der Waals surface area (Å²) in [7, 11) is 3.07. The van der Waals surface area contributed by atoms with E-state index >= 15 is 4.79 Å². The maximum Gasteiger partial charge on any atom is 0.417 e. The van der Waals surface area contributed by atoms with Crippen LogP contribution >= 0.6 is 0 Å². The van der Waals surface area contributed by atoms with E-state index in [1.807, 2.05) is 42.2 Å². The summed E-state index contributed by atoms with van der Waals surface area (Å²) in [6, 6.07) is 15.6. The second kappa shape index (κ2) is 23.2. The second-order valence-electron chi connectivity index (χ2n) is 18.7. The van der Waals surface area contributed by atoms with Crippen LogP contribution in [-0.2, 0) is 20.9 Å². The predicted molar refractivity (Wildman–Crippen MR) is 260 cm³/mol. The molecule has 15 nitrogen and oxygen atoms in total. The maximum absolute atomic E-state index is 15.3. The van der Waals surface area contributed by atoms with Gasteiger partial charge in [-0.3, -0.25) is 10.1 Å². The van der Waals surface area contributed by atoms with Crippen LogP contribution in [0.4, 0.5) is 10.5 Å². The topological polar surface area (TPSA) is 176 Å². The van der Waals surface area contributed by atoms with Gasteiger partial charge in [0.15, 0.2) is 11.5 Å². The van der Waals surface area contributed by atoms with Crippen molar-refractivity contribution in [2.75, 3.05) is 52.8 Å². The average Bonchev–Trinajstić information content (AvgIpc) is 4.08. The maximum atomic E-state index is 15.3. The molecule has 3 aromatic rings. The summed E-state index contributed by atoms with van der Waals surface area (Å²) >= 11 is 0. The molecule has 3 aliphatic carbocycles. The lowest BCUT2D eigenvalue weighted by Crippen LogP contribution is -2.70. The molecule has 5 aliphatic rings. The number of aliphatic hydroxyl groups is 2. The Morgan fingerprint density at radius 1 is 0.913 bits per heavy atom. The summed E-state index contributed by atoms with van der Waals surface area (Å²) in [4.78, 5) is 36.8. The van der Waals surface area contributed by atoms with E-state index < -0.39 is 23.8 Å². The van der Waals surface area contributed by atoms with Crippen molar-refractivity contribution < 1.29 is 57.8 Å². The Hall–Kier alpha value is -5.77. The van der Waals surface area contributed by atoms with Gasteiger partial charge < -0.3 is 53.1 Å². The molecule has 69 heavy (non-hydrogen) atoms. The number of amides is 2. The van der Waals surface area contributed by atoms with E-state index in [4.69, 9.17) is 43.2 Å². The molecule has 6 atom stereocenters. The fourth-order valence-corrected chi connectivity index (χ4v) is 11.4. The molecule has 2 amide bonds.